The topological polar surface area (TPSA) is 70.1 Å². The number of carbonyl (C=O) groups is 1. The van der Waals surface area contributed by atoms with Crippen molar-refractivity contribution in [2.75, 3.05) is 0 Å². The summed E-state index contributed by atoms with van der Waals surface area (Å²) in [7, 11) is 1.83. The van der Waals surface area contributed by atoms with Gasteiger partial charge in [0.1, 0.15) is 0 Å². The number of hydrogen-bond acceptors (Lipinski definition) is 4. The Labute approximate surface area is 76.4 Å². The molecule has 0 aromatic carbocycles. The number of aryl methyl sites for hydroxylation is 1. The fourth-order valence-corrected chi connectivity index (χ4v) is 1.11. The first kappa shape index (κ1) is 9.73. The van der Waals surface area contributed by atoms with E-state index < -0.39 is 5.97 Å². The quantitative estimate of drug-likeness (QED) is 0.685. The van der Waals surface area contributed by atoms with Crippen LogP contribution in [0.1, 0.15) is 24.8 Å². The van der Waals surface area contributed by atoms with Crippen LogP contribution in [0.4, 0.5) is 0 Å². The molecule has 1 rings (SSSR count). The van der Waals surface area contributed by atoms with Crippen LogP contribution in [0.5, 0.6) is 0 Å². The van der Waals surface area contributed by atoms with Gasteiger partial charge in [0.05, 0.1) is 12.6 Å². The molecule has 0 amide bonds. The zero-order valence-corrected chi connectivity index (χ0v) is 7.73. The average Bonchev–Trinajstić information content (AvgIpc) is 2.51. The molecule has 0 aliphatic heterocycles. The first-order valence-corrected chi connectivity index (χ1v) is 4.01. The molecule has 0 fully saturated rings. The molecule has 1 heterocycles. The van der Waals surface area contributed by atoms with Gasteiger partial charge in [0.2, 0.25) is 0 Å². The fraction of sp³-hybridized carbons (Fsp3) is 0.500. The van der Waals surface area contributed by atoms with Crippen LogP contribution < -0.4 is 5.90 Å². The van der Waals surface area contributed by atoms with Gasteiger partial charge in [0, 0.05) is 13.2 Å². The van der Waals surface area contributed by atoms with Crippen LogP contribution in [0.25, 0.3) is 0 Å². The number of nitrogens with two attached hydrogens (primary N) is 1. The van der Waals surface area contributed by atoms with E-state index in [1.54, 1.807) is 10.9 Å². The summed E-state index contributed by atoms with van der Waals surface area (Å²) in [6, 6.07) is 0. The molecule has 0 saturated carbocycles. The number of nitrogens with zero attached hydrogens (tertiary/aromatic N) is 2. The van der Waals surface area contributed by atoms with E-state index in [4.69, 9.17) is 5.90 Å². The van der Waals surface area contributed by atoms with Crippen LogP contribution in [-0.2, 0) is 16.7 Å². The standard InChI is InChI=1S/C8H13N3O2/c1-6(3-8(12)13-9)7-4-10-11(2)5-7/h4-6H,3,9H2,1-2H3. The van der Waals surface area contributed by atoms with E-state index >= 15 is 0 Å². The molecular formula is C8H13N3O2. The molecule has 0 spiro atoms. The Morgan fingerprint density at radius 1 is 1.85 bits per heavy atom. The van der Waals surface area contributed by atoms with Crippen LogP contribution in [-0.4, -0.2) is 15.7 Å². The van der Waals surface area contributed by atoms with Crippen LogP contribution in [0, 0.1) is 0 Å². The molecule has 2 N–H and O–H groups in total. The zero-order valence-electron chi connectivity index (χ0n) is 7.73. The Morgan fingerprint density at radius 3 is 3.00 bits per heavy atom. The van der Waals surface area contributed by atoms with E-state index in [0.717, 1.165) is 5.56 Å². The summed E-state index contributed by atoms with van der Waals surface area (Å²) >= 11 is 0. The second kappa shape index (κ2) is 4.04. The Balaban J connectivity index is 2.58. The molecule has 0 saturated heterocycles. The van der Waals surface area contributed by atoms with Crippen molar-refractivity contribution in [3.05, 3.63) is 18.0 Å². The highest BCUT2D eigenvalue weighted by Crippen LogP contribution is 2.17. The molecular weight excluding hydrogens is 170 g/mol. The van der Waals surface area contributed by atoms with E-state index in [1.807, 2.05) is 20.2 Å². The monoisotopic (exact) mass is 183 g/mol. The highest BCUT2D eigenvalue weighted by Gasteiger charge is 2.12. The highest BCUT2D eigenvalue weighted by molar-refractivity contribution is 5.70. The highest BCUT2D eigenvalue weighted by atomic mass is 16.7. The normalized spacial score (nSPS) is 12.5. The molecule has 1 aromatic heterocycles. The van der Waals surface area contributed by atoms with Crippen LogP contribution in [0.2, 0.25) is 0 Å². The number of carbonyl (C=O) groups excluding carboxylic acids is 1. The second-order valence-electron chi connectivity index (χ2n) is 3.04. The van der Waals surface area contributed by atoms with Gasteiger partial charge in [0.25, 0.3) is 0 Å². The van der Waals surface area contributed by atoms with Crippen molar-refractivity contribution in [2.45, 2.75) is 19.3 Å². The first-order chi connectivity index (χ1) is 6.13. The van der Waals surface area contributed by atoms with Gasteiger partial charge < -0.3 is 4.84 Å². The maximum atomic E-state index is 10.8. The summed E-state index contributed by atoms with van der Waals surface area (Å²) in [6.07, 6.45) is 3.88. The molecule has 0 aliphatic carbocycles. The largest absolute Gasteiger partial charge is 0.373 e. The van der Waals surface area contributed by atoms with Crippen molar-refractivity contribution in [2.24, 2.45) is 12.9 Å². The summed E-state index contributed by atoms with van der Waals surface area (Å²) in [4.78, 5) is 14.9. The van der Waals surface area contributed by atoms with Crippen LogP contribution in [0.3, 0.4) is 0 Å². The summed E-state index contributed by atoms with van der Waals surface area (Å²) in [5.74, 6) is 4.41. The van der Waals surface area contributed by atoms with Gasteiger partial charge >= 0.3 is 5.97 Å². The molecule has 72 valence electrons. The predicted molar refractivity (Wildman–Crippen MR) is 46.5 cm³/mol. The zero-order chi connectivity index (χ0) is 9.84. The molecule has 1 atom stereocenters. The molecule has 1 unspecified atom stereocenters. The van der Waals surface area contributed by atoms with Crippen molar-refractivity contribution in [1.29, 1.82) is 0 Å². The van der Waals surface area contributed by atoms with Crippen molar-refractivity contribution >= 4 is 5.97 Å². The summed E-state index contributed by atoms with van der Waals surface area (Å²) in [5.41, 5.74) is 1.01. The third-order valence-corrected chi connectivity index (χ3v) is 1.90. The number of aromatic nitrogens is 2. The van der Waals surface area contributed by atoms with Gasteiger partial charge in [-0.1, -0.05) is 6.92 Å². The van der Waals surface area contributed by atoms with E-state index in [-0.39, 0.29) is 12.3 Å². The van der Waals surface area contributed by atoms with Gasteiger partial charge in [0.15, 0.2) is 0 Å². The number of rotatable bonds is 3. The molecule has 5 heteroatoms. The third kappa shape index (κ3) is 2.55. The Hall–Kier alpha value is -1.36. The van der Waals surface area contributed by atoms with E-state index in [1.165, 1.54) is 0 Å². The van der Waals surface area contributed by atoms with Crippen LogP contribution in [0.15, 0.2) is 12.4 Å². The maximum absolute atomic E-state index is 10.8. The van der Waals surface area contributed by atoms with Gasteiger partial charge in [-0.25, -0.2) is 0 Å². The second-order valence-corrected chi connectivity index (χ2v) is 3.04. The van der Waals surface area contributed by atoms with E-state index in [0.29, 0.717) is 0 Å². The third-order valence-electron chi connectivity index (χ3n) is 1.90. The average molecular weight is 183 g/mol. The molecule has 0 aliphatic rings. The molecule has 13 heavy (non-hydrogen) atoms. The minimum atomic E-state index is -0.406. The number of hydrogen-bond donors (Lipinski definition) is 1. The smallest absolute Gasteiger partial charge is 0.325 e. The van der Waals surface area contributed by atoms with Gasteiger partial charge in [-0.2, -0.15) is 11.0 Å². The van der Waals surface area contributed by atoms with E-state index in [9.17, 15) is 4.79 Å². The molecule has 5 nitrogen and oxygen atoms in total. The Morgan fingerprint density at radius 2 is 2.54 bits per heavy atom. The van der Waals surface area contributed by atoms with E-state index in [2.05, 4.69) is 9.94 Å². The molecule has 0 bridgehead atoms. The first-order valence-electron chi connectivity index (χ1n) is 4.01. The van der Waals surface area contributed by atoms with Crippen LogP contribution >= 0.6 is 0 Å². The van der Waals surface area contributed by atoms with Gasteiger partial charge in [-0.05, 0) is 11.5 Å². The van der Waals surface area contributed by atoms with Crippen molar-refractivity contribution < 1.29 is 9.63 Å². The van der Waals surface area contributed by atoms with Gasteiger partial charge in [-0.15, -0.1) is 0 Å². The summed E-state index contributed by atoms with van der Waals surface area (Å²) in [6.45, 7) is 1.92. The SMILES string of the molecule is CC(CC(=O)ON)c1cnn(C)c1. The lowest BCUT2D eigenvalue weighted by molar-refractivity contribution is -0.144. The summed E-state index contributed by atoms with van der Waals surface area (Å²) < 4.78 is 1.69. The predicted octanol–water partition coefficient (Wildman–Crippen LogP) is 0.331. The minimum absolute atomic E-state index is 0.0877. The lowest BCUT2D eigenvalue weighted by Crippen LogP contribution is -2.12. The van der Waals surface area contributed by atoms with Crippen molar-refractivity contribution in [3.8, 4) is 0 Å². The van der Waals surface area contributed by atoms with Crippen molar-refractivity contribution in [1.82, 2.24) is 9.78 Å². The molecule has 1 aromatic rings. The fourth-order valence-electron chi connectivity index (χ4n) is 1.11. The Kier molecular flexibility index (Phi) is 3.02. The Bertz CT molecular complexity index is 295. The maximum Gasteiger partial charge on any atom is 0.325 e. The van der Waals surface area contributed by atoms with Gasteiger partial charge in [-0.3, -0.25) is 9.48 Å². The summed E-state index contributed by atoms with van der Waals surface area (Å²) in [5, 5.41) is 4.00. The minimum Gasteiger partial charge on any atom is -0.373 e. The molecule has 0 radical (unpaired) electrons. The lowest BCUT2D eigenvalue weighted by Gasteiger charge is -2.05. The lowest BCUT2D eigenvalue weighted by atomic mass is 10.0. The van der Waals surface area contributed by atoms with Crippen molar-refractivity contribution in [3.63, 3.8) is 0 Å².